The van der Waals surface area contributed by atoms with Crippen LogP contribution in [0.2, 0.25) is 0 Å². The van der Waals surface area contributed by atoms with Crippen LogP contribution in [0, 0.1) is 0 Å². The fourth-order valence-electron chi connectivity index (χ4n) is 3.09. The summed E-state index contributed by atoms with van der Waals surface area (Å²) in [6, 6.07) is 19.8. The standard InChI is InChI=1S/C19H23N/c1-2-9-15-20(16-17-10-4-3-5-11-17)19-14-8-7-13-18(19)12-6-1/h3-5,7-8,10-11,13-14H,1-2,6,9,12,15-16H2. The molecular weight excluding hydrogens is 242 g/mol. The molecule has 0 atom stereocenters. The molecule has 1 aliphatic rings. The number of para-hydroxylation sites is 1. The van der Waals surface area contributed by atoms with Crippen molar-refractivity contribution in [3.63, 3.8) is 0 Å². The third kappa shape index (κ3) is 3.22. The maximum Gasteiger partial charge on any atom is 0.0429 e. The number of rotatable bonds is 2. The molecule has 1 heteroatoms. The van der Waals surface area contributed by atoms with E-state index in [0.717, 1.165) is 6.54 Å². The fourth-order valence-corrected chi connectivity index (χ4v) is 3.09. The van der Waals surface area contributed by atoms with E-state index >= 15 is 0 Å². The summed E-state index contributed by atoms with van der Waals surface area (Å²) in [5.74, 6) is 0. The second-order valence-corrected chi connectivity index (χ2v) is 5.70. The molecule has 20 heavy (non-hydrogen) atoms. The van der Waals surface area contributed by atoms with Crippen LogP contribution in [0.1, 0.15) is 36.8 Å². The molecule has 0 N–H and O–H groups in total. The van der Waals surface area contributed by atoms with E-state index in [1.807, 2.05) is 0 Å². The Morgan fingerprint density at radius 1 is 0.750 bits per heavy atom. The third-order valence-electron chi connectivity index (χ3n) is 4.17. The van der Waals surface area contributed by atoms with Crippen molar-refractivity contribution in [2.45, 2.75) is 38.6 Å². The van der Waals surface area contributed by atoms with E-state index in [1.165, 1.54) is 55.5 Å². The average Bonchev–Trinajstić information content (AvgIpc) is 2.60. The van der Waals surface area contributed by atoms with Gasteiger partial charge in [0.1, 0.15) is 0 Å². The molecule has 0 aromatic heterocycles. The Hall–Kier alpha value is -1.76. The maximum atomic E-state index is 2.57. The molecule has 1 heterocycles. The highest BCUT2D eigenvalue weighted by Gasteiger charge is 2.13. The molecular formula is C19H23N. The first-order valence-corrected chi connectivity index (χ1v) is 7.80. The number of hydrogen-bond donors (Lipinski definition) is 0. The quantitative estimate of drug-likeness (QED) is 0.753. The van der Waals surface area contributed by atoms with Crippen molar-refractivity contribution in [2.75, 3.05) is 11.4 Å². The minimum Gasteiger partial charge on any atom is -0.367 e. The lowest BCUT2D eigenvalue weighted by Crippen LogP contribution is -2.24. The number of anilines is 1. The van der Waals surface area contributed by atoms with Crippen molar-refractivity contribution >= 4 is 5.69 Å². The van der Waals surface area contributed by atoms with Gasteiger partial charge in [-0.25, -0.2) is 0 Å². The van der Waals surface area contributed by atoms with Gasteiger partial charge >= 0.3 is 0 Å². The lowest BCUT2D eigenvalue weighted by Gasteiger charge is -2.26. The maximum absolute atomic E-state index is 2.57. The van der Waals surface area contributed by atoms with Crippen molar-refractivity contribution in [3.8, 4) is 0 Å². The summed E-state index contributed by atoms with van der Waals surface area (Å²) in [5, 5.41) is 0. The summed E-state index contributed by atoms with van der Waals surface area (Å²) in [6.45, 7) is 2.20. The molecule has 0 saturated carbocycles. The number of nitrogens with zero attached hydrogens (tertiary/aromatic N) is 1. The molecule has 0 amide bonds. The molecule has 0 bridgehead atoms. The second kappa shape index (κ2) is 6.60. The molecule has 2 aromatic rings. The lowest BCUT2D eigenvalue weighted by atomic mass is 10.0. The highest BCUT2D eigenvalue weighted by atomic mass is 15.1. The zero-order valence-electron chi connectivity index (χ0n) is 12.1. The summed E-state index contributed by atoms with van der Waals surface area (Å²) in [4.78, 5) is 2.57. The summed E-state index contributed by atoms with van der Waals surface area (Å²) in [5.41, 5.74) is 4.37. The molecule has 1 aliphatic heterocycles. The van der Waals surface area contributed by atoms with Gasteiger partial charge in [0.2, 0.25) is 0 Å². The van der Waals surface area contributed by atoms with E-state index in [0.29, 0.717) is 0 Å². The van der Waals surface area contributed by atoms with Gasteiger partial charge < -0.3 is 4.90 Å². The van der Waals surface area contributed by atoms with Crippen LogP contribution in [-0.2, 0) is 13.0 Å². The Labute approximate surface area is 122 Å². The fraction of sp³-hybridized carbons (Fsp3) is 0.368. The van der Waals surface area contributed by atoms with Crippen LogP contribution >= 0.6 is 0 Å². The van der Waals surface area contributed by atoms with Crippen LogP contribution in [0.4, 0.5) is 5.69 Å². The van der Waals surface area contributed by atoms with Gasteiger partial charge in [-0.05, 0) is 36.5 Å². The molecule has 0 saturated heterocycles. The minimum absolute atomic E-state index is 1.03. The Balaban J connectivity index is 1.87. The predicted molar refractivity (Wildman–Crippen MR) is 86.1 cm³/mol. The van der Waals surface area contributed by atoms with E-state index in [2.05, 4.69) is 59.5 Å². The number of aryl methyl sites for hydroxylation is 1. The second-order valence-electron chi connectivity index (χ2n) is 5.70. The number of fused-ring (bicyclic) bond motifs is 1. The first-order valence-electron chi connectivity index (χ1n) is 7.80. The Morgan fingerprint density at radius 3 is 2.40 bits per heavy atom. The Kier molecular flexibility index (Phi) is 4.37. The molecule has 0 spiro atoms. The molecule has 104 valence electrons. The van der Waals surface area contributed by atoms with E-state index in [9.17, 15) is 0 Å². The lowest BCUT2D eigenvalue weighted by molar-refractivity contribution is 0.638. The highest BCUT2D eigenvalue weighted by molar-refractivity contribution is 5.54. The van der Waals surface area contributed by atoms with Crippen molar-refractivity contribution in [3.05, 3.63) is 65.7 Å². The third-order valence-corrected chi connectivity index (χ3v) is 4.17. The largest absolute Gasteiger partial charge is 0.367 e. The molecule has 2 aromatic carbocycles. The summed E-state index contributed by atoms with van der Waals surface area (Å²) in [7, 11) is 0. The van der Waals surface area contributed by atoms with E-state index in [4.69, 9.17) is 0 Å². The monoisotopic (exact) mass is 265 g/mol. The van der Waals surface area contributed by atoms with Crippen molar-refractivity contribution in [1.82, 2.24) is 0 Å². The van der Waals surface area contributed by atoms with Crippen LogP contribution in [-0.4, -0.2) is 6.54 Å². The number of benzene rings is 2. The van der Waals surface area contributed by atoms with E-state index in [-0.39, 0.29) is 0 Å². The van der Waals surface area contributed by atoms with Gasteiger partial charge in [0.05, 0.1) is 0 Å². The van der Waals surface area contributed by atoms with Crippen molar-refractivity contribution in [2.24, 2.45) is 0 Å². The van der Waals surface area contributed by atoms with Gasteiger partial charge in [-0.3, -0.25) is 0 Å². The van der Waals surface area contributed by atoms with Gasteiger partial charge in [0, 0.05) is 18.8 Å². The van der Waals surface area contributed by atoms with Gasteiger partial charge in [0.15, 0.2) is 0 Å². The SMILES string of the molecule is c1ccc(CN2CCCCCCc3ccccc32)cc1. The molecule has 0 aliphatic carbocycles. The topological polar surface area (TPSA) is 3.24 Å². The normalized spacial score (nSPS) is 15.9. The summed E-state index contributed by atoms with van der Waals surface area (Å²) >= 11 is 0. The predicted octanol–water partition coefficient (Wildman–Crippen LogP) is 4.81. The van der Waals surface area contributed by atoms with Crippen molar-refractivity contribution < 1.29 is 0 Å². The van der Waals surface area contributed by atoms with Crippen molar-refractivity contribution in [1.29, 1.82) is 0 Å². The van der Waals surface area contributed by atoms with Gasteiger partial charge in [-0.15, -0.1) is 0 Å². The minimum atomic E-state index is 1.03. The van der Waals surface area contributed by atoms with Crippen LogP contribution in [0.5, 0.6) is 0 Å². The molecule has 3 rings (SSSR count). The smallest absolute Gasteiger partial charge is 0.0429 e. The van der Waals surface area contributed by atoms with Crippen LogP contribution in [0.25, 0.3) is 0 Å². The van der Waals surface area contributed by atoms with E-state index in [1.54, 1.807) is 0 Å². The van der Waals surface area contributed by atoms with Crippen LogP contribution in [0.15, 0.2) is 54.6 Å². The van der Waals surface area contributed by atoms with Gasteiger partial charge in [-0.2, -0.15) is 0 Å². The van der Waals surface area contributed by atoms with Gasteiger partial charge in [-0.1, -0.05) is 61.4 Å². The summed E-state index contributed by atoms with van der Waals surface area (Å²) < 4.78 is 0. The first-order chi connectivity index (χ1) is 9.93. The summed E-state index contributed by atoms with van der Waals surface area (Å²) in [6.07, 6.45) is 6.59. The molecule has 0 radical (unpaired) electrons. The highest BCUT2D eigenvalue weighted by Crippen LogP contribution is 2.26. The molecule has 0 fully saturated rings. The molecule has 0 unspecified atom stereocenters. The van der Waals surface area contributed by atoms with Gasteiger partial charge in [0.25, 0.3) is 0 Å². The Morgan fingerprint density at radius 2 is 1.50 bits per heavy atom. The van der Waals surface area contributed by atoms with E-state index < -0.39 is 0 Å². The zero-order chi connectivity index (χ0) is 13.6. The molecule has 1 nitrogen and oxygen atoms in total. The van der Waals surface area contributed by atoms with Crippen LogP contribution in [0.3, 0.4) is 0 Å². The Bertz CT molecular complexity index is 532. The number of hydrogen-bond acceptors (Lipinski definition) is 1. The average molecular weight is 265 g/mol. The first kappa shape index (κ1) is 13.2. The van der Waals surface area contributed by atoms with Crippen LogP contribution < -0.4 is 4.90 Å². The zero-order valence-corrected chi connectivity index (χ0v) is 12.1.